The molecule has 0 atom stereocenters. The lowest BCUT2D eigenvalue weighted by molar-refractivity contribution is 0.0524. The van der Waals surface area contributed by atoms with Crippen LogP contribution in [0.1, 0.15) is 46.7 Å². The van der Waals surface area contributed by atoms with Gasteiger partial charge in [0.2, 0.25) is 0 Å². The Hall–Kier alpha value is -2.44. The number of anilines is 1. The zero-order chi connectivity index (χ0) is 20.0. The molecule has 27 heavy (non-hydrogen) atoms. The number of hydrogen-bond acceptors (Lipinski definition) is 6. The summed E-state index contributed by atoms with van der Waals surface area (Å²) in [5.41, 5.74) is 1.37. The Morgan fingerprint density at radius 3 is 2.63 bits per heavy atom. The van der Waals surface area contributed by atoms with Gasteiger partial charge in [0.05, 0.1) is 11.7 Å². The summed E-state index contributed by atoms with van der Waals surface area (Å²) < 4.78 is 5.24. The molecule has 148 valence electrons. The predicted molar refractivity (Wildman–Crippen MR) is 108 cm³/mol. The number of rotatable bonds is 4. The third-order valence-corrected chi connectivity index (χ3v) is 4.11. The number of ether oxygens (including phenoxy) is 1. The van der Waals surface area contributed by atoms with Crippen LogP contribution < -0.4 is 10.2 Å². The molecule has 2 aromatic rings. The van der Waals surface area contributed by atoms with Gasteiger partial charge in [0.25, 0.3) is 0 Å². The van der Waals surface area contributed by atoms with Gasteiger partial charge in [0.15, 0.2) is 0 Å². The minimum Gasteiger partial charge on any atom is -0.444 e. The van der Waals surface area contributed by atoms with Crippen molar-refractivity contribution in [3.8, 4) is 0 Å². The summed E-state index contributed by atoms with van der Waals surface area (Å²) in [6, 6.07) is 2.03. The molecule has 1 saturated heterocycles. The fourth-order valence-corrected chi connectivity index (χ4v) is 2.92. The van der Waals surface area contributed by atoms with Gasteiger partial charge in [-0.05, 0) is 46.1 Å². The highest BCUT2D eigenvalue weighted by atomic mass is 16.6. The fourth-order valence-electron chi connectivity index (χ4n) is 2.92. The molecule has 0 spiro atoms. The normalized spacial score (nSPS) is 14.2. The van der Waals surface area contributed by atoms with E-state index in [-0.39, 0.29) is 6.09 Å². The van der Waals surface area contributed by atoms with Crippen LogP contribution in [0.3, 0.4) is 0 Å². The second-order valence-electron chi connectivity index (χ2n) is 7.53. The number of fused-ring (bicyclic) bond motifs is 1. The predicted octanol–water partition coefficient (Wildman–Crippen LogP) is 3.71. The molecule has 0 unspecified atom stereocenters. The summed E-state index contributed by atoms with van der Waals surface area (Å²) in [5, 5.41) is 3.86. The molecule has 0 bridgehead atoms. The van der Waals surface area contributed by atoms with Crippen LogP contribution >= 0.6 is 0 Å². The molecule has 0 saturated carbocycles. The first-order chi connectivity index (χ1) is 12.8. The molecule has 3 heterocycles. The summed E-state index contributed by atoms with van der Waals surface area (Å²) in [6.07, 6.45) is 3.96. The van der Waals surface area contributed by atoms with E-state index in [9.17, 15) is 4.79 Å². The molecular formula is C20H31N5O2. The molecule has 1 aliphatic rings. The zero-order valence-corrected chi connectivity index (χ0v) is 17.2. The van der Waals surface area contributed by atoms with E-state index >= 15 is 0 Å². The van der Waals surface area contributed by atoms with Crippen molar-refractivity contribution in [3.63, 3.8) is 0 Å². The SMILES string of the molecule is CC.Cc1cc2c(N3CC(CCNC(=O)OC(C)(C)C)C3)ncnc2cn1. The van der Waals surface area contributed by atoms with Crippen LogP contribution in [-0.4, -0.2) is 46.3 Å². The first kappa shape index (κ1) is 20.9. The molecule has 0 aliphatic carbocycles. The largest absolute Gasteiger partial charge is 0.444 e. The lowest BCUT2D eigenvalue weighted by Crippen LogP contribution is -2.48. The second kappa shape index (κ2) is 8.97. The molecule has 2 aromatic heterocycles. The molecule has 0 aromatic carbocycles. The van der Waals surface area contributed by atoms with Crippen LogP contribution in [-0.2, 0) is 4.74 Å². The van der Waals surface area contributed by atoms with Crippen molar-refractivity contribution >= 4 is 22.8 Å². The summed E-state index contributed by atoms with van der Waals surface area (Å²) >= 11 is 0. The Labute approximate surface area is 161 Å². The van der Waals surface area contributed by atoms with E-state index in [1.807, 2.05) is 47.6 Å². The maximum Gasteiger partial charge on any atom is 0.407 e. The summed E-state index contributed by atoms with van der Waals surface area (Å²) in [5.74, 6) is 1.51. The van der Waals surface area contributed by atoms with Gasteiger partial charge < -0.3 is 15.0 Å². The van der Waals surface area contributed by atoms with E-state index in [0.717, 1.165) is 41.9 Å². The van der Waals surface area contributed by atoms with Gasteiger partial charge in [-0.25, -0.2) is 14.8 Å². The maximum atomic E-state index is 11.6. The number of nitrogens with zero attached hydrogens (tertiary/aromatic N) is 4. The van der Waals surface area contributed by atoms with Crippen LogP contribution in [0.4, 0.5) is 10.6 Å². The number of nitrogens with one attached hydrogen (secondary N) is 1. The van der Waals surface area contributed by atoms with Gasteiger partial charge in [-0.15, -0.1) is 0 Å². The number of aryl methyl sites for hydroxylation is 1. The topological polar surface area (TPSA) is 80.2 Å². The third kappa shape index (κ3) is 5.77. The first-order valence-electron chi connectivity index (χ1n) is 9.61. The molecule has 1 amide bonds. The van der Waals surface area contributed by atoms with E-state index in [1.165, 1.54) is 0 Å². The number of alkyl carbamates (subject to hydrolysis) is 1. The van der Waals surface area contributed by atoms with E-state index in [2.05, 4.69) is 25.2 Å². The fraction of sp³-hybridized carbons (Fsp3) is 0.600. The highest BCUT2D eigenvalue weighted by Crippen LogP contribution is 2.29. The van der Waals surface area contributed by atoms with Gasteiger partial charge >= 0.3 is 6.09 Å². The van der Waals surface area contributed by atoms with Crippen LogP contribution in [0.2, 0.25) is 0 Å². The highest BCUT2D eigenvalue weighted by Gasteiger charge is 2.29. The Morgan fingerprint density at radius 2 is 1.96 bits per heavy atom. The van der Waals surface area contributed by atoms with Crippen LogP contribution in [0.5, 0.6) is 0 Å². The average molecular weight is 374 g/mol. The van der Waals surface area contributed by atoms with Crippen molar-refractivity contribution in [2.75, 3.05) is 24.5 Å². The zero-order valence-electron chi connectivity index (χ0n) is 17.2. The molecule has 1 aliphatic heterocycles. The lowest BCUT2D eigenvalue weighted by Gasteiger charge is -2.40. The molecular weight excluding hydrogens is 342 g/mol. The van der Waals surface area contributed by atoms with Crippen LogP contribution in [0.25, 0.3) is 10.9 Å². The molecule has 1 fully saturated rings. The first-order valence-corrected chi connectivity index (χ1v) is 9.61. The summed E-state index contributed by atoms with van der Waals surface area (Å²) in [4.78, 5) is 26.9. The Kier molecular flexibility index (Phi) is 6.93. The van der Waals surface area contributed by atoms with Crippen molar-refractivity contribution in [1.29, 1.82) is 0 Å². The third-order valence-electron chi connectivity index (χ3n) is 4.11. The lowest BCUT2D eigenvalue weighted by atomic mass is 9.96. The van der Waals surface area contributed by atoms with Crippen molar-refractivity contribution < 1.29 is 9.53 Å². The molecule has 1 N–H and O–H groups in total. The summed E-state index contributed by atoms with van der Waals surface area (Å²) in [7, 11) is 0. The number of amides is 1. The average Bonchev–Trinajstić information content (AvgIpc) is 2.57. The van der Waals surface area contributed by atoms with Crippen LogP contribution in [0.15, 0.2) is 18.6 Å². The minimum absolute atomic E-state index is 0.353. The summed E-state index contributed by atoms with van der Waals surface area (Å²) in [6.45, 7) is 14.0. The Bertz CT molecular complexity index is 767. The maximum absolute atomic E-state index is 11.6. The van der Waals surface area contributed by atoms with Gasteiger partial charge in [-0.1, -0.05) is 13.8 Å². The van der Waals surface area contributed by atoms with Crippen LogP contribution in [0, 0.1) is 12.8 Å². The van der Waals surface area contributed by atoms with E-state index < -0.39 is 5.60 Å². The highest BCUT2D eigenvalue weighted by molar-refractivity contribution is 5.89. The molecule has 0 radical (unpaired) electrons. The van der Waals surface area contributed by atoms with Gasteiger partial charge in [0.1, 0.15) is 17.7 Å². The Morgan fingerprint density at radius 1 is 1.26 bits per heavy atom. The number of pyridine rings is 1. The Balaban J connectivity index is 0.00000126. The minimum atomic E-state index is -0.460. The van der Waals surface area contributed by atoms with Gasteiger partial charge in [-0.2, -0.15) is 0 Å². The smallest absolute Gasteiger partial charge is 0.407 e. The molecule has 3 rings (SSSR count). The quantitative estimate of drug-likeness (QED) is 0.880. The standard InChI is InChI=1S/C18H25N5O2.C2H6/c1-12-7-14-15(8-20-12)21-11-22-16(14)23-9-13(10-23)5-6-19-17(24)25-18(2,3)4;1-2/h7-8,11,13H,5-6,9-10H2,1-4H3,(H,19,24);1-2H3. The van der Waals surface area contributed by atoms with E-state index in [1.54, 1.807) is 12.5 Å². The van der Waals surface area contributed by atoms with Crippen molar-refractivity contribution in [2.45, 2.75) is 53.6 Å². The van der Waals surface area contributed by atoms with Crippen molar-refractivity contribution in [1.82, 2.24) is 20.3 Å². The van der Waals surface area contributed by atoms with E-state index in [0.29, 0.717) is 12.5 Å². The second-order valence-corrected chi connectivity index (χ2v) is 7.53. The molecule has 7 nitrogen and oxygen atoms in total. The van der Waals surface area contributed by atoms with Gasteiger partial charge in [0, 0.05) is 30.7 Å². The van der Waals surface area contributed by atoms with Crippen molar-refractivity contribution in [2.24, 2.45) is 5.92 Å². The number of carbonyl (C=O) groups excluding carboxylic acids is 1. The number of carbonyl (C=O) groups is 1. The molecule has 7 heteroatoms. The van der Waals surface area contributed by atoms with Crippen molar-refractivity contribution in [3.05, 3.63) is 24.3 Å². The van der Waals surface area contributed by atoms with Gasteiger partial charge in [-0.3, -0.25) is 4.98 Å². The number of aromatic nitrogens is 3. The monoisotopic (exact) mass is 373 g/mol. The van der Waals surface area contributed by atoms with E-state index in [4.69, 9.17) is 4.74 Å². The number of hydrogen-bond donors (Lipinski definition) is 1.